The van der Waals surface area contributed by atoms with Gasteiger partial charge in [-0.2, -0.15) is 0 Å². The van der Waals surface area contributed by atoms with Crippen molar-refractivity contribution in [2.24, 2.45) is 0 Å². The number of benzene rings is 2. The molecule has 0 bridgehead atoms. The summed E-state index contributed by atoms with van der Waals surface area (Å²) in [6, 6.07) is 13.9. The summed E-state index contributed by atoms with van der Waals surface area (Å²) in [5.74, 6) is 1.24. The molecule has 0 saturated carbocycles. The molecule has 2 amide bonds. The van der Waals surface area contributed by atoms with Crippen LogP contribution < -0.4 is 5.32 Å². The maximum absolute atomic E-state index is 12.6. The summed E-state index contributed by atoms with van der Waals surface area (Å²) in [6.45, 7) is 5.70. The molecule has 1 aliphatic heterocycles. The van der Waals surface area contributed by atoms with E-state index < -0.39 is 0 Å². The van der Waals surface area contributed by atoms with Gasteiger partial charge >= 0.3 is 6.03 Å². The molecule has 1 atom stereocenters. The lowest BCUT2D eigenvalue weighted by Crippen LogP contribution is -2.41. The zero-order valence-electron chi connectivity index (χ0n) is 15.2. The molecule has 26 heavy (non-hydrogen) atoms. The van der Waals surface area contributed by atoms with E-state index in [0.717, 1.165) is 41.9 Å². The van der Waals surface area contributed by atoms with Gasteiger partial charge in [0.15, 0.2) is 0 Å². The first-order valence-electron chi connectivity index (χ1n) is 9.18. The number of rotatable bonds is 2. The zero-order valence-corrected chi connectivity index (χ0v) is 15.2. The smallest absolute Gasteiger partial charge is 0.321 e. The van der Waals surface area contributed by atoms with Gasteiger partial charge in [-0.3, -0.25) is 0 Å². The number of carbonyl (C=O) groups is 1. The molecule has 4 rings (SSSR count). The molecule has 1 saturated heterocycles. The Morgan fingerprint density at radius 2 is 1.96 bits per heavy atom. The molecule has 2 heterocycles. The van der Waals surface area contributed by atoms with Crippen LogP contribution in [0, 0.1) is 13.8 Å². The fourth-order valence-corrected chi connectivity index (χ4v) is 3.59. The number of piperidine rings is 1. The molecular weight excluding hydrogens is 324 g/mol. The summed E-state index contributed by atoms with van der Waals surface area (Å²) in [7, 11) is 0. The topological polar surface area (TPSA) is 61.0 Å². The van der Waals surface area contributed by atoms with E-state index in [4.69, 9.17) is 4.98 Å². The Labute approximate surface area is 153 Å². The van der Waals surface area contributed by atoms with Crippen LogP contribution in [0.25, 0.3) is 11.0 Å². The van der Waals surface area contributed by atoms with Gasteiger partial charge in [0.1, 0.15) is 5.82 Å². The van der Waals surface area contributed by atoms with Crippen molar-refractivity contribution in [2.75, 3.05) is 18.4 Å². The number of hydrogen-bond donors (Lipinski definition) is 2. The highest BCUT2D eigenvalue weighted by atomic mass is 16.2. The SMILES string of the molecule is Cc1cc2nc(C3CCCN(C(=O)Nc4ccccc4)C3)[nH]c2cc1C. The Morgan fingerprint density at radius 1 is 1.19 bits per heavy atom. The fourth-order valence-electron chi connectivity index (χ4n) is 3.59. The summed E-state index contributed by atoms with van der Waals surface area (Å²) >= 11 is 0. The molecule has 2 aromatic carbocycles. The molecule has 2 N–H and O–H groups in total. The van der Waals surface area contributed by atoms with Gasteiger partial charge in [0.2, 0.25) is 0 Å². The van der Waals surface area contributed by atoms with E-state index in [2.05, 4.69) is 36.3 Å². The van der Waals surface area contributed by atoms with Crippen molar-refractivity contribution in [1.29, 1.82) is 0 Å². The van der Waals surface area contributed by atoms with Crippen LogP contribution in [0.5, 0.6) is 0 Å². The number of aromatic amines is 1. The molecule has 134 valence electrons. The van der Waals surface area contributed by atoms with E-state index in [1.165, 1.54) is 11.1 Å². The molecule has 5 nitrogen and oxygen atoms in total. The van der Waals surface area contributed by atoms with E-state index in [0.29, 0.717) is 6.54 Å². The summed E-state index contributed by atoms with van der Waals surface area (Å²) in [5.41, 5.74) is 5.43. The number of aryl methyl sites for hydroxylation is 2. The van der Waals surface area contributed by atoms with Crippen LogP contribution in [0.15, 0.2) is 42.5 Å². The summed E-state index contributed by atoms with van der Waals surface area (Å²) < 4.78 is 0. The molecule has 5 heteroatoms. The van der Waals surface area contributed by atoms with E-state index in [-0.39, 0.29) is 11.9 Å². The third-order valence-corrected chi connectivity index (χ3v) is 5.24. The van der Waals surface area contributed by atoms with Gasteiger partial charge in [0.05, 0.1) is 11.0 Å². The quantitative estimate of drug-likeness (QED) is 0.711. The van der Waals surface area contributed by atoms with Crippen LogP contribution in [0.2, 0.25) is 0 Å². The summed E-state index contributed by atoms with van der Waals surface area (Å²) in [4.78, 5) is 22.8. The molecule has 0 aliphatic carbocycles. The van der Waals surface area contributed by atoms with E-state index in [1.807, 2.05) is 35.2 Å². The maximum atomic E-state index is 12.6. The highest BCUT2D eigenvalue weighted by Gasteiger charge is 2.27. The highest BCUT2D eigenvalue weighted by molar-refractivity contribution is 5.89. The van der Waals surface area contributed by atoms with Crippen molar-refractivity contribution >= 4 is 22.8 Å². The number of nitrogens with one attached hydrogen (secondary N) is 2. The van der Waals surface area contributed by atoms with Crippen molar-refractivity contribution in [3.8, 4) is 0 Å². The second-order valence-electron chi connectivity index (χ2n) is 7.16. The van der Waals surface area contributed by atoms with Gasteiger partial charge in [-0.15, -0.1) is 0 Å². The van der Waals surface area contributed by atoms with Gasteiger partial charge < -0.3 is 15.2 Å². The lowest BCUT2D eigenvalue weighted by molar-refractivity contribution is 0.191. The molecular formula is C21H24N4O. The van der Waals surface area contributed by atoms with Crippen molar-refractivity contribution in [3.05, 3.63) is 59.4 Å². The number of amides is 2. The lowest BCUT2D eigenvalue weighted by Gasteiger charge is -2.31. The second-order valence-corrected chi connectivity index (χ2v) is 7.16. The number of anilines is 1. The predicted molar refractivity (Wildman–Crippen MR) is 105 cm³/mol. The fraction of sp³-hybridized carbons (Fsp3) is 0.333. The minimum Gasteiger partial charge on any atom is -0.342 e. The number of urea groups is 1. The van der Waals surface area contributed by atoms with Gasteiger partial charge in [-0.1, -0.05) is 18.2 Å². The third kappa shape index (κ3) is 3.29. The molecule has 0 spiro atoms. The number of H-pyrrole nitrogens is 1. The predicted octanol–water partition coefficient (Wildman–Crippen LogP) is 4.59. The molecule has 0 radical (unpaired) electrons. The first-order chi connectivity index (χ1) is 12.6. The normalized spacial score (nSPS) is 17.5. The number of fused-ring (bicyclic) bond motifs is 1. The number of aromatic nitrogens is 2. The summed E-state index contributed by atoms with van der Waals surface area (Å²) in [6.07, 6.45) is 2.04. The number of para-hydroxylation sites is 1. The second kappa shape index (κ2) is 6.83. The summed E-state index contributed by atoms with van der Waals surface area (Å²) in [5, 5.41) is 2.98. The lowest BCUT2D eigenvalue weighted by atomic mass is 9.97. The van der Waals surface area contributed by atoms with E-state index in [9.17, 15) is 4.79 Å². The van der Waals surface area contributed by atoms with Crippen LogP contribution in [0.3, 0.4) is 0 Å². The maximum Gasteiger partial charge on any atom is 0.321 e. The number of imidazole rings is 1. The standard InChI is InChI=1S/C21H24N4O/c1-14-11-18-19(12-15(14)2)24-20(23-18)16-7-6-10-25(13-16)21(26)22-17-8-4-3-5-9-17/h3-5,8-9,11-12,16H,6-7,10,13H2,1-2H3,(H,22,26)(H,23,24). The molecule has 3 aromatic rings. The van der Waals surface area contributed by atoms with Crippen molar-refractivity contribution in [2.45, 2.75) is 32.6 Å². The number of nitrogens with zero attached hydrogens (tertiary/aromatic N) is 2. The van der Waals surface area contributed by atoms with E-state index in [1.54, 1.807) is 0 Å². The Balaban J connectivity index is 1.50. The van der Waals surface area contributed by atoms with Crippen LogP contribution >= 0.6 is 0 Å². The van der Waals surface area contributed by atoms with Crippen LogP contribution in [0.1, 0.15) is 35.7 Å². The Bertz CT molecular complexity index is 893. The van der Waals surface area contributed by atoms with Crippen LogP contribution in [-0.2, 0) is 0 Å². The Kier molecular flexibility index (Phi) is 4.37. The minimum atomic E-state index is -0.0382. The molecule has 1 unspecified atom stereocenters. The number of hydrogen-bond acceptors (Lipinski definition) is 2. The number of likely N-dealkylation sites (tertiary alicyclic amines) is 1. The third-order valence-electron chi connectivity index (χ3n) is 5.24. The van der Waals surface area contributed by atoms with Gasteiger partial charge in [0.25, 0.3) is 0 Å². The monoisotopic (exact) mass is 348 g/mol. The van der Waals surface area contributed by atoms with Gasteiger partial charge in [-0.05, 0) is 62.1 Å². The highest BCUT2D eigenvalue weighted by Crippen LogP contribution is 2.28. The first-order valence-corrected chi connectivity index (χ1v) is 9.18. The minimum absolute atomic E-state index is 0.0382. The largest absolute Gasteiger partial charge is 0.342 e. The molecule has 1 fully saturated rings. The van der Waals surface area contributed by atoms with Crippen LogP contribution in [-0.4, -0.2) is 34.0 Å². The van der Waals surface area contributed by atoms with Crippen molar-refractivity contribution in [3.63, 3.8) is 0 Å². The van der Waals surface area contributed by atoms with Crippen molar-refractivity contribution < 1.29 is 4.79 Å². The van der Waals surface area contributed by atoms with Crippen molar-refractivity contribution in [1.82, 2.24) is 14.9 Å². The zero-order chi connectivity index (χ0) is 18.1. The van der Waals surface area contributed by atoms with Crippen LogP contribution in [0.4, 0.5) is 10.5 Å². The number of carbonyl (C=O) groups excluding carboxylic acids is 1. The molecule has 1 aromatic heterocycles. The van der Waals surface area contributed by atoms with Gasteiger partial charge in [-0.25, -0.2) is 9.78 Å². The Hall–Kier alpha value is -2.82. The first kappa shape index (κ1) is 16.6. The average molecular weight is 348 g/mol. The average Bonchev–Trinajstić information content (AvgIpc) is 3.06. The molecule has 1 aliphatic rings. The van der Waals surface area contributed by atoms with Gasteiger partial charge in [0, 0.05) is 24.7 Å². The Morgan fingerprint density at radius 3 is 2.77 bits per heavy atom. The van der Waals surface area contributed by atoms with E-state index >= 15 is 0 Å².